The van der Waals surface area contributed by atoms with Crippen molar-refractivity contribution in [2.24, 2.45) is 0 Å². The standard InChI is InChI=1S/2C18H36O2.C4H8O.C3H8O.Ti/c2*1-2-3-4-5-6-7-8-9-10-11-12-13-14-15-16-17-18(19)20;1-4(2)3-5;1-3(2)4;/h2*2-17H2,1H3,(H,19,20);5H,1,3H2,2H3;3-4H,1-2H3;. The van der Waals surface area contributed by atoms with Crippen LogP contribution in [0.1, 0.15) is 240 Å². The molecule has 0 saturated carbocycles. The number of hydrogen-bond acceptors (Lipinski definition) is 4. The van der Waals surface area contributed by atoms with Crippen LogP contribution in [-0.4, -0.2) is 45.1 Å². The zero-order valence-electron chi connectivity index (χ0n) is 34.2. The average Bonchev–Trinajstić information content (AvgIpc) is 3.04. The van der Waals surface area contributed by atoms with Crippen LogP contribution < -0.4 is 0 Å². The van der Waals surface area contributed by atoms with Gasteiger partial charge in [0.2, 0.25) is 0 Å². The molecule has 0 amide bonds. The van der Waals surface area contributed by atoms with E-state index in [9.17, 15) is 9.59 Å². The normalized spacial score (nSPS) is 10.2. The molecule has 0 fully saturated rings. The molecule has 0 aromatic carbocycles. The maximum atomic E-state index is 10.3. The van der Waals surface area contributed by atoms with Crippen molar-refractivity contribution in [2.45, 2.75) is 246 Å². The Bertz CT molecular complexity index is 594. The Morgan fingerprint density at radius 2 is 0.600 bits per heavy atom. The minimum Gasteiger partial charge on any atom is -0.481 e. The summed E-state index contributed by atoms with van der Waals surface area (Å²) in [6.07, 6.45) is 40.2. The summed E-state index contributed by atoms with van der Waals surface area (Å²) >= 11 is 0. The fourth-order valence-electron chi connectivity index (χ4n) is 5.30. The van der Waals surface area contributed by atoms with Gasteiger partial charge in [-0.25, -0.2) is 0 Å². The minimum atomic E-state index is -0.653. The number of carboxylic acid groups (broad SMARTS) is 2. The van der Waals surface area contributed by atoms with Crippen LogP contribution in [0.25, 0.3) is 0 Å². The summed E-state index contributed by atoms with van der Waals surface area (Å²) in [4.78, 5) is 20.7. The molecule has 0 atom stereocenters. The van der Waals surface area contributed by atoms with Gasteiger partial charge in [-0.3, -0.25) is 9.59 Å². The van der Waals surface area contributed by atoms with E-state index in [1.807, 2.05) is 0 Å². The molecule has 0 saturated heterocycles. The monoisotopic (exact) mass is 749 g/mol. The van der Waals surface area contributed by atoms with Crippen LogP contribution in [0.15, 0.2) is 12.2 Å². The number of unbranched alkanes of at least 4 members (excludes halogenated alkanes) is 28. The quantitative estimate of drug-likeness (QED) is 0.0302. The molecular weight excluding hydrogens is 660 g/mol. The zero-order valence-corrected chi connectivity index (χ0v) is 35.8. The molecule has 0 radical (unpaired) electrons. The second kappa shape index (κ2) is 55.1. The number of rotatable bonds is 33. The third-order valence-corrected chi connectivity index (χ3v) is 8.26. The molecule has 0 bridgehead atoms. The predicted molar refractivity (Wildman–Crippen MR) is 214 cm³/mol. The van der Waals surface area contributed by atoms with Gasteiger partial charge in [0.05, 0.1) is 6.61 Å². The first-order valence-corrected chi connectivity index (χ1v) is 20.9. The van der Waals surface area contributed by atoms with E-state index in [1.165, 1.54) is 167 Å². The van der Waals surface area contributed by atoms with Gasteiger partial charge in [0.1, 0.15) is 0 Å². The Hall–Kier alpha value is -0.686. The molecule has 0 aliphatic heterocycles. The third-order valence-electron chi connectivity index (χ3n) is 8.26. The van der Waals surface area contributed by atoms with Gasteiger partial charge in [0.15, 0.2) is 0 Å². The predicted octanol–water partition coefficient (Wildman–Crippen LogP) is 13.6. The number of carboxylic acids is 2. The first-order valence-electron chi connectivity index (χ1n) is 20.9. The zero-order chi connectivity index (χ0) is 37.6. The Kier molecular flexibility index (Phi) is 64.6. The molecule has 0 heterocycles. The van der Waals surface area contributed by atoms with Crippen LogP contribution in [0.2, 0.25) is 0 Å². The number of hydrogen-bond donors (Lipinski definition) is 4. The Labute approximate surface area is 327 Å². The molecule has 0 unspecified atom stereocenters. The van der Waals surface area contributed by atoms with Crippen molar-refractivity contribution < 1.29 is 51.7 Å². The molecule has 4 N–H and O–H groups in total. The van der Waals surface area contributed by atoms with E-state index < -0.39 is 11.9 Å². The van der Waals surface area contributed by atoms with Crippen LogP contribution in [0.5, 0.6) is 0 Å². The number of aliphatic hydroxyl groups is 2. The molecule has 300 valence electrons. The van der Waals surface area contributed by atoms with E-state index in [0.717, 1.165) is 31.3 Å². The van der Waals surface area contributed by atoms with Crippen LogP contribution in [-0.2, 0) is 31.3 Å². The molecule has 0 rings (SSSR count). The average molecular weight is 749 g/mol. The summed E-state index contributed by atoms with van der Waals surface area (Å²) in [5.41, 5.74) is 0.810. The van der Waals surface area contributed by atoms with Crippen molar-refractivity contribution in [1.82, 2.24) is 0 Å². The first kappa shape index (κ1) is 58.6. The summed E-state index contributed by atoms with van der Waals surface area (Å²) in [6, 6.07) is 0. The summed E-state index contributed by atoms with van der Waals surface area (Å²) in [5, 5.41) is 33.1. The molecule has 0 aromatic rings. The van der Waals surface area contributed by atoms with Gasteiger partial charge >= 0.3 is 11.9 Å². The van der Waals surface area contributed by atoms with Crippen molar-refractivity contribution in [1.29, 1.82) is 0 Å². The van der Waals surface area contributed by atoms with E-state index in [0.29, 0.717) is 12.8 Å². The maximum absolute atomic E-state index is 10.3. The molecule has 0 spiro atoms. The maximum Gasteiger partial charge on any atom is 0.303 e. The number of carbonyl (C=O) groups is 2. The summed E-state index contributed by atoms with van der Waals surface area (Å²) in [6.45, 7) is 13.3. The molecule has 0 aliphatic rings. The van der Waals surface area contributed by atoms with Crippen LogP contribution >= 0.6 is 0 Å². The van der Waals surface area contributed by atoms with Gasteiger partial charge in [-0.15, -0.1) is 0 Å². The van der Waals surface area contributed by atoms with E-state index in [4.69, 9.17) is 20.4 Å². The molecule has 6 nitrogen and oxygen atoms in total. The Morgan fingerprint density at radius 3 is 0.720 bits per heavy atom. The van der Waals surface area contributed by atoms with Gasteiger partial charge in [-0.2, -0.15) is 0 Å². The largest absolute Gasteiger partial charge is 0.481 e. The summed E-state index contributed by atoms with van der Waals surface area (Å²) < 4.78 is 0. The second-order valence-electron chi connectivity index (χ2n) is 14.4. The first-order chi connectivity index (χ1) is 23.5. The van der Waals surface area contributed by atoms with Gasteiger partial charge in [-0.1, -0.05) is 206 Å². The summed E-state index contributed by atoms with van der Waals surface area (Å²) in [7, 11) is 0. The smallest absolute Gasteiger partial charge is 0.303 e. The van der Waals surface area contributed by atoms with E-state index in [1.54, 1.807) is 20.8 Å². The fraction of sp³-hybridized carbons (Fsp3) is 0.907. The third kappa shape index (κ3) is 81.4. The Balaban J connectivity index is -0.000000213. The van der Waals surface area contributed by atoms with Gasteiger partial charge in [-0.05, 0) is 33.6 Å². The van der Waals surface area contributed by atoms with Crippen molar-refractivity contribution >= 4 is 11.9 Å². The van der Waals surface area contributed by atoms with Gasteiger partial charge in [0.25, 0.3) is 0 Å². The second-order valence-corrected chi connectivity index (χ2v) is 14.4. The SMILES string of the molecule is C=C(C)CO.CC(C)O.CCCCCCCCCCCCCCCCCC(=O)O.CCCCCCCCCCCCCCCCCC(=O)O.[Ti]. The molecular formula is C43H88O6Ti. The van der Waals surface area contributed by atoms with E-state index in [2.05, 4.69) is 20.4 Å². The topological polar surface area (TPSA) is 115 Å². The molecule has 50 heavy (non-hydrogen) atoms. The van der Waals surface area contributed by atoms with E-state index >= 15 is 0 Å². The van der Waals surface area contributed by atoms with Crippen molar-refractivity contribution in [3.8, 4) is 0 Å². The van der Waals surface area contributed by atoms with Crippen molar-refractivity contribution in [3.05, 3.63) is 12.2 Å². The van der Waals surface area contributed by atoms with Crippen LogP contribution in [0.3, 0.4) is 0 Å². The van der Waals surface area contributed by atoms with Crippen molar-refractivity contribution in [3.63, 3.8) is 0 Å². The molecule has 0 aliphatic carbocycles. The van der Waals surface area contributed by atoms with Crippen LogP contribution in [0.4, 0.5) is 0 Å². The van der Waals surface area contributed by atoms with E-state index in [-0.39, 0.29) is 34.4 Å². The Morgan fingerprint density at radius 1 is 0.460 bits per heavy atom. The molecule has 0 aromatic heterocycles. The van der Waals surface area contributed by atoms with Crippen molar-refractivity contribution in [2.75, 3.05) is 6.61 Å². The van der Waals surface area contributed by atoms with Gasteiger partial charge < -0.3 is 20.4 Å². The number of aliphatic carboxylic acids is 2. The van der Waals surface area contributed by atoms with Crippen LogP contribution in [0, 0.1) is 0 Å². The summed E-state index contributed by atoms with van der Waals surface area (Å²) in [5.74, 6) is -1.31. The molecule has 7 heteroatoms. The fourth-order valence-corrected chi connectivity index (χ4v) is 5.30. The number of aliphatic hydroxyl groups excluding tert-OH is 2. The van der Waals surface area contributed by atoms with Gasteiger partial charge in [0, 0.05) is 40.7 Å². The minimum absolute atomic E-state index is 0.